The number of aromatic amines is 1. The van der Waals surface area contributed by atoms with E-state index in [1.54, 1.807) is 13.1 Å². The highest BCUT2D eigenvalue weighted by Gasteiger charge is 2.51. The molecule has 0 amide bonds. The van der Waals surface area contributed by atoms with Crippen LogP contribution in [0.25, 0.3) is 10.9 Å². The van der Waals surface area contributed by atoms with Gasteiger partial charge < -0.3 is 14.7 Å². The van der Waals surface area contributed by atoms with Crippen molar-refractivity contribution >= 4 is 29.6 Å². The van der Waals surface area contributed by atoms with Crippen molar-refractivity contribution in [1.82, 2.24) is 10.3 Å². The number of hydrogen-bond acceptors (Lipinski definition) is 2. The zero-order valence-corrected chi connectivity index (χ0v) is 24.1. The molecular formula is C31H35F5N2OSi. The summed E-state index contributed by atoms with van der Waals surface area (Å²) < 4.78 is 76.7. The molecule has 0 saturated carbocycles. The summed E-state index contributed by atoms with van der Waals surface area (Å²) in [7, 11) is -3.12. The summed E-state index contributed by atoms with van der Waals surface area (Å²) in [5.41, 5.74) is 0.459. The number of nitrogens with one attached hydrogen (secondary N) is 2. The second-order valence-corrected chi connectivity index (χ2v) is 15.7. The van der Waals surface area contributed by atoms with E-state index in [2.05, 4.69) is 10.3 Å². The van der Waals surface area contributed by atoms with Crippen molar-refractivity contribution in [3.8, 4) is 0 Å². The predicted molar refractivity (Wildman–Crippen MR) is 153 cm³/mol. The number of aromatic nitrogens is 1. The lowest BCUT2D eigenvalue weighted by atomic mass is 10.0. The van der Waals surface area contributed by atoms with E-state index in [0.717, 1.165) is 22.5 Å². The van der Waals surface area contributed by atoms with Crippen LogP contribution in [0, 0.1) is 0 Å². The van der Waals surface area contributed by atoms with Crippen LogP contribution in [0.1, 0.15) is 38.8 Å². The predicted octanol–water partition coefficient (Wildman–Crippen LogP) is 6.92. The third-order valence-electron chi connectivity index (χ3n) is 7.25. The van der Waals surface area contributed by atoms with Crippen LogP contribution >= 0.6 is 0 Å². The van der Waals surface area contributed by atoms with Gasteiger partial charge in [-0.15, -0.1) is 0 Å². The highest BCUT2D eigenvalue weighted by atomic mass is 28.4. The monoisotopic (exact) mass is 574 g/mol. The molecule has 4 rings (SSSR count). The maximum Gasteiger partial charge on any atom is 0.416 e. The molecular weight excluding hydrogens is 539 g/mol. The zero-order chi connectivity index (χ0) is 29.2. The molecule has 0 bridgehead atoms. The van der Waals surface area contributed by atoms with Crippen LogP contribution in [0.3, 0.4) is 0 Å². The highest BCUT2D eigenvalue weighted by Crippen LogP contribution is 2.38. The quantitative estimate of drug-likeness (QED) is 0.159. The minimum absolute atomic E-state index is 0.285. The van der Waals surface area contributed by atoms with Crippen LogP contribution in [0.5, 0.6) is 0 Å². The fraction of sp³-hybridized carbons (Fsp3) is 0.355. The summed E-state index contributed by atoms with van der Waals surface area (Å²) in [6.45, 7) is 6.45. The molecule has 0 unspecified atom stereocenters. The van der Waals surface area contributed by atoms with Gasteiger partial charge in [0.1, 0.15) is 0 Å². The van der Waals surface area contributed by atoms with E-state index in [9.17, 15) is 13.2 Å². The Hall–Kier alpha value is -3.01. The van der Waals surface area contributed by atoms with Crippen molar-refractivity contribution in [2.45, 2.75) is 57.3 Å². The van der Waals surface area contributed by atoms with E-state index in [-0.39, 0.29) is 6.42 Å². The second kappa shape index (κ2) is 11.5. The molecule has 40 heavy (non-hydrogen) atoms. The molecule has 0 saturated heterocycles. The van der Waals surface area contributed by atoms with Gasteiger partial charge in [-0.05, 0) is 52.5 Å². The van der Waals surface area contributed by atoms with E-state index in [1.807, 2.05) is 81.4 Å². The smallest absolute Gasteiger partial charge is 0.401 e. The molecule has 0 aliphatic carbocycles. The summed E-state index contributed by atoms with van der Waals surface area (Å²) in [6, 6.07) is 22.3. The van der Waals surface area contributed by atoms with Crippen LogP contribution in [-0.4, -0.2) is 38.4 Å². The van der Waals surface area contributed by atoms with E-state index in [1.165, 1.54) is 6.07 Å². The molecule has 3 aromatic carbocycles. The summed E-state index contributed by atoms with van der Waals surface area (Å²) in [5, 5.41) is 4.72. The minimum Gasteiger partial charge on any atom is -0.401 e. The van der Waals surface area contributed by atoms with Crippen molar-refractivity contribution in [2.75, 3.05) is 13.2 Å². The first-order valence-electron chi connectivity index (χ1n) is 13.3. The van der Waals surface area contributed by atoms with Gasteiger partial charge in [-0.3, -0.25) is 0 Å². The van der Waals surface area contributed by atoms with Crippen LogP contribution in [0.4, 0.5) is 22.0 Å². The molecule has 1 aromatic heterocycles. The number of fused-ring (bicyclic) bond motifs is 1. The first-order chi connectivity index (χ1) is 18.7. The van der Waals surface area contributed by atoms with Crippen molar-refractivity contribution < 1.29 is 26.4 Å². The molecule has 9 heteroatoms. The van der Waals surface area contributed by atoms with Crippen LogP contribution in [0.2, 0.25) is 5.04 Å². The van der Waals surface area contributed by atoms with Crippen molar-refractivity contribution in [1.29, 1.82) is 0 Å². The molecule has 2 N–H and O–H groups in total. The summed E-state index contributed by atoms with van der Waals surface area (Å²) in [4.78, 5) is 2.97. The standard InChI is InChI=1S/C31H35F5N2OSi/c1-22(17-23-19-37-28-16-15-24(18-27(23)28)31(34,35)36)38-20-30(32,33)21-39-40(29(2,3)4,25-11-7-5-8-12-25)26-13-9-6-10-14-26/h5-16,18-19,22,37-38H,17,20-21H2,1-4H3/t22-/m1/s1. The molecule has 0 fully saturated rings. The topological polar surface area (TPSA) is 37.0 Å². The lowest BCUT2D eigenvalue weighted by molar-refractivity contribution is -0.137. The Kier molecular flexibility index (Phi) is 8.59. The third kappa shape index (κ3) is 6.48. The van der Waals surface area contributed by atoms with Crippen molar-refractivity contribution in [3.05, 3.63) is 96.2 Å². The second-order valence-electron chi connectivity index (χ2n) is 11.4. The average molecular weight is 575 g/mol. The summed E-state index contributed by atoms with van der Waals surface area (Å²) in [6.07, 6.45) is -2.54. The fourth-order valence-electron chi connectivity index (χ4n) is 5.28. The van der Waals surface area contributed by atoms with Crippen LogP contribution < -0.4 is 15.7 Å². The molecule has 0 radical (unpaired) electrons. The Morgan fingerprint density at radius 1 is 0.850 bits per heavy atom. The fourth-order valence-corrected chi connectivity index (χ4v) is 9.86. The van der Waals surface area contributed by atoms with Gasteiger partial charge in [-0.1, -0.05) is 81.4 Å². The van der Waals surface area contributed by atoms with Crippen LogP contribution in [-0.2, 0) is 17.0 Å². The Labute approximate surface area is 232 Å². The summed E-state index contributed by atoms with van der Waals surface area (Å²) >= 11 is 0. The van der Waals surface area contributed by atoms with Gasteiger partial charge >= 0.3 is 6.18 Å². The number of rotatable bonds is 10. The minimum atomic E-state index is -4.46. The van der Waals surface area contributed by atoms with Crippen molar-refractivity contribution in [2.24, 2.45) is 0 Å². The Balaban J connectivity index is 1.49. The maximum absolute atomic E-state index is 15.4. The number of hydrogen-bond donors (Lipinski definition) is 2. The maximum atomic E-state index is 15.4. The van der Waals surface area contributed by atoms with Gasteiger partial charge in [0.25, 0.3) is 14.2 Å². The molecule has 1 heterocycles. The lowest BCUT2D eigenvalue weighted by Crippen LogP contribution is -2.67. The molecule has 0 aliphatic heterocycles. The lowest BCUT2D eigenvalue weighted by Gasteiger charge is -2.43. The normalized spacial score (nSPS) is 14.0. The molecule has 1 atom stereocenters. The van der Waals surface area contributed by atoms with Gasteiger partial charge in [-0.25, -0.2) is 8.78 Å². The SMILES string of the molecule is C[C@H](Cc1c[nH]c2ccc(C(F)(F)F)cc12)NCC(F)(F)CO[Si](c1ccccc1)(c1ccccc1)C(C)(C)C. The van der Waals surface area contributed by atoms with Gasteiger partial charge in [0.2, 0.25) is 0 Å². The van der Waals surface area contributed by atoms with Gasteiger partial charge in [0.05, 0.1) is 18.7 Å². The van der Waals surface area contributed by atoms with E-state index in [0.29, 0.717) is 16.5 Å². The Bertz CT molecular complexity index is 1360. The number of benzene rings is 3. The molecule has 214 valence electrons. The highest BCUT2D eigenvalue weighted by molar-refractivity contribution is 6.99. The Morgan fingerprint density at radius 3 is 1.95 bits per heavy atom. The third-order valence-corrected chi connectivity index (χ3v) is 12.2. The Morgan fingerprint density at radius 2 is 1.43 bits per heavy atom. The first kappa shape index (κ1) is 30.0. The van der Waals surface area contributed by atoms with E-state index in [4.69, 9.17) is 4.43 Å². The zero-order valence-electron chi connectivity index (χ0n) is 23.1. The van der Waals surface area contributed by atoms with E-state index >= 15 is 8.78 Å². The average Bonchev–Trinajstić information content (AvgIpc) is 3.30. The van der Waals surface area contributed by atoms with Gasteiger partial charge in [0.15, 0.2) is 0 Å². The van der Waals surface area contributed by atoms with Crippen LogP contribution in [0.15, 0.2) is 85.1 Å². The summed E-state index contributed by atoms with van der Waals surface area (Å²) in [5.74, 6) is -3.18. The first-order valence-corrected chi connectivity index (χ1v) is 15.2. The largest absolute Gasteiger partial charge is 0.416 e. The molecule has 3 nitrogen and oxygen atoms in total. The van der Waals surface area contributed by atoms with Gasteiger partial charge in [0, 0.05) is 23.1 Å². The number of H-pyrrole nitrogens is 1. The van der Waals surface area contributed by atoms with Gasteiger partial charge in [-0.2, -0.15) is 13.2 Å². The number of alkyl halides is 5. The van der Waals surface area contributed by atoms with E-state index < -0.39 is 50.2 Å². The van der Waals surface area contributed by atoms with Crippen molar-refractivity contribution in [3.63, 3.8) is 0 Å². The molecule has 0 aliphatic rings. The molecule has 4 aromatic rings. The number of halogens is 5. The molecule has 0 spiro atoms.